The number of hydrogen-bond donors (Lipinski definition) is 0. The molecule has 0 radical (unpaired) electrons. The Kier molecular flexibility index (Phi) is 7.14. The zero-order valence-electron chi connectivity index (χ0n) is 8.54. The van der Waals surface area contributed by atoms with Crippen LogP contribution >= 0.6 is 0 Å². The second kappa shape index (κ2) is 6.93. The van der Waals surface area contributed by atoms with E-state index in [2.05, 4.69) is 4.74 Å². The van der Waals surface area contributed by atoms with Gasteiger partial charge in [0.15, 0.2) is 6.79 Å². The van der Waals surface area contributed by atoms with Crippen LogP contribution in [0, 0.1) is 0 Å². The molecule has 1 aromatic rings. The van der Waals surface area contributed by atoms with E-state index in [9.17, 15) is 12.9 Å². The molecule has 0 fully saturated rings. The summed E-state index contributed by atoms with van der Waals surface area (Å²) in [5, 5.41) is 0. The summed E-state index contributed by atoms with van der Waals surface area (Å²) >= 11 is 0. The predicted octanol–water partition coefficient (Wildman–Crippen LogP) is -1.27. The van der Waals surface area contributed by atoms with Crippen molar-refractivity contribution in [1.29, 1.82) is 0 Å². The van der Waals surface area contributed by atoms with Crippen LogP contribution in [0.1, 0.15) is 0 Å². The summed E-state index contributed by atoms with van der Waals surface area (Å²) in [6.45, 7) is -5.02. The van der Waals surface area contributed by atoms with E-state index < -0.39 is 12.4 Å². The molecule has 0 unspecified atom stereocenters. The molecule has 2 nitrogen and oxygen atoms in total. The minimum Gasteiger partial charge on any atom is -0.468 e. The van der Waals surface area contributed by atoms with E-state index in [0.29, 0.717) is 0 Å². The first kappa shape index (κ1) is 15.5. The zero-order chi connectivity index (χ0) is 10.6. The van der Waals surface area contributed by atoms with Gasteiger partial charge in [0.05, 0.1) is 0 Å². The van der Waals surface area contributed by atoms with Gasteiger partial charge in [0.1, 0.15) is 5.75 Å². The van der Waals surface area contributed by atoms with Crippen LogP contribution in [0.15, 0.2) is 24.3 Å². The van der Waals surface area contributed by atoms with Crippen molar-refractivity contribution in [3.63, 3.8) is 0 Å². The van der Waals surface area contributed by atoms with Crippen LogP contribution < -0.4 is 61.6 Å². The maximum absolute atomic E-state index is 12.3. The molecule has 0 aliphatic rings. The van der Waals surface area contributed by atoms with E-state index in [1.807, 2.05) is 0 Å². The van der Waals surface area contributed by atoms with Crippen LogP contribution in [0.5, 0.6) is 5.75 Å². The van der Waals surface area contributed by atoms with E-state index >= 15 is 0 Å². The molecule has 0 saturated carbocycles. The summed E-state index contributed by atoms with van der Waals surface area (Å²) < 4.78 is 46.2. The molecule has 0 aliphatic heterocycles. The summed E-state index contributed by atoms with van der Waals surface area (Å²) in [6, 6.07) is 4.72. The van der Waals surface area contributed by atoms with E-state index in [-0.39, 0.29) is 63.9 Å². The van der Waals surface area contributed by atoms with Crippen LogP contribution in [0.2, 0.25) is 0 Å². The van der Waals surface area contributed by atoms with Crippen molar-refractivity contribution >= 4 is 12.4 Å². The van der Waals surface area contributed by atoms with Gasteiger partial charge in [-0.3, -0.25) is 0 Å². The molecular weight excluding hydrogens is 235 g/mol. The Hall–Kier alpha value is 0.471. The largest absolute Gasteiger partial charge is 1.00 e. The summed E-state index contributed by atoms with van der Waals surface area (Å²) in [5.41, 5.74) is -0.668. The fourth-order valence-electron chi connectivity index (χ4n) is 0.935. The van der Waals surface area contributed by atoms with Gasteiger partial charge >= 0.3 is 58.4 Å². The Bertz CT molecular complexity index is 306. The van der Waals surface area contributed by atoms with Gasteiger partial charge in [0, 0.05) is 7.11 Å². The molecule has 15 heavy (non-hydrogen) atoms. The second-order valence-electron chi connectivity index (χ2n) is 2.70. The van der Waals surface area contributed by atoms with Gasteiger partial charge in [-0.15, -0.1) is 5.46 Å². The van der Waals surface area contributed by atoms with Crippen molar-refractivity contribution < 1.29 is 73.8 Å². The number of benzene rings is 1. The molecule has 0 spiro atoms. The first-order valence-electron chi connectivity index (χ1n) is 3.95. The molecule has 0 N–H and O–H groups in total. The number of hydrogen-bond acceptors (Lipinski definition) is 2. The van der Waals surface area contributed by atoms with Gasteiger partial charge in [-0.1, -0.05) is 12.1 Å². The second-order valence-corrected chi connectivity index (χ2v) is 2.70. The first-order valence-corrected chi connectivity index (χ1v) is 3.95. The molecule has 0 heterocycles. The summed E-state index contributed by atoms with van der Waals surface area (Å²) in [6.07, 6.45) is 0. The van der Waals surface area contributed by atoms with Gasteiger partial charge in [-0.2, -0.15) is 0 Å². The fourth-order valence-corrected chi connectivity index (χ4v) is 0.935. The van der Waals surface area contributed by atoms with Crippen LogP contribution in [0.3, 0.4) is 0 Å². The van der Waals surface area contributed by atoms with Gasteiger partial charge in [-0.25, -0.2) is 0 Å². The topological polar surface area (TPSA) is 18.5 Å². The summed E-state index contributed by atoms with van der Waals surface area (Å²) in [5.74, 6) is 0.156. The SMILES string of the molecule is COCOc1cccc([B-](F)(F)F)c1.[K+]. The van der Waals surface area contributed by atoms with Gasteiger partial charge in [0.2, 0.25) is 0 Å². The maximum Gasteiger partial charge on any atom is 1.00 e. The van der Waals surface area contributed by atoms with E-state index in [1.165, 1.54) is 19.2 Å². The quantitative estimate of drug-likeness (QED) is 0.485. The van der Waals surface area contributed by atoms with Crippen molar-refractivity contribution in [3.05, 3.63) is 24.3 Å². The van der Waals surface area contributed by atoms with Crippen molar-refractivity contribution in [2.24, 2.45) is 0 Å². The van der Waals surface area contributed by atoms with Gasteiger partial charge in [0.25, 0.3) is 0 Å². The normalized spacial score (nSPS) is 10.7. The van der Waals surface area contributed by atoms with Crippen molar-refractivity contribution in [1.82, 2.24) is 0 Å². The Morgan fingerprint density at radius 3 is 2.47 bits per heavy atom. The molecule has 7 heteroatoms. The summed E-state index contributed by atoms with van der Waals surface area (Å²) in [4.78, 5) is 0. The molecular formula is C8H9BF3KO2. The third-order valence-corrected chi connectivity index (χ3v) is 1.58. The van der Waals surface area contributed by atoms with Crippen LogP contribution in [-0.2, 0) is 4.74 Å². The van der Waals surface area contributed by atoms with E-state index in [4.69, 9.17) is 4.74 Å². The molecule has 0 aromatic heterocycles. The zero-order valence-corrected chi connectivity index (χ0v) is 11.7. The standard InChI is InChI=1S/C8H9BF3O2.K/c1-13-6-14-8-4-2-3-7(5-8)9(10,11)12;/h2-5H,6H2,1H3;/q-1;+1. The third kappa shape index (κ3) is 5.37. The molecule has 1 aromatic carbocycles. The molecule has 1 rings (SSSR count). The molecule has 0 saturated heterocycles. The molecule has 0 aliphatic carbocycles. The minimum absolute atomic E-state index is 0. The Balaban J connectivity index is 0.00000196. The number of ether oxygens (including phenoxy) is 2. The Labute approximate surface area is 129 Å². The van der Waals surface area contributed by atoms with Crippen molar-refractivity contribution in [2.75, 3.05) is 13.9 Å². The van der Waals surface area contributed by atoms with Crippen molar-refractivity contribution in [2.45, 2.75) is 0 Å². The Morgan fingerprint density at radius 1 is 1.27 bits per heavy atom. The summed E-state index contributed by atoms with van der Waals surface area (Å²) in [7, 11) is 1.40. The molecule has 78 valence electrons. The third-order valence-electron chi connectivity index (χ3n) is 1.58. The maximum atomic E-state index is 12.3. The van der Waals surface area contributed by atoms with E-state index in [1.54, 1.807) is 0 Å². The molecule has 0 bridgehead atoms. The number of rotatable bonds is 4. The predicted molar refractivity (Wildman–Crippen MR) is 47.7 cm³/mol. The average molecular weight is 244 g/mol. The smallest absolute Gasteiger partial charge is 0.468 e. The first-order chi connectivity index (χ1) is 6.54. The Morgan fingerprint density at radius 2 is 1.93 bits per heavy atom. The van der Waals surface area contributed by atoms with Gasteiger partial charge < -0.3 is 22.4 Å². The van der Waals surface area contributed by atoms with Crippen LogP contribution in [0.25, 0.3) is 0 Å². The molecule has 0 amide bonds. The van der Waals surface area contributed by atoms with E-state index in [0.717, 1.165) is 12.1 Å². The number of halogens is 3. The monoisotopic (exact) mass is 244 g/mol. The van der Waals surface area contributed by atoms with Crippen molar-refractivity contribution in [3.8, 4) is 5.75 Å². The average Bonchev–Trinajstić information content (AvgIpc) is 2.14. The van der Waals surface area contributed by atoms with Gasteiger partial charge in [-0.05, 0) is 12.1 Å². The fraction of sp³-hybridized carbons (Fsp3) is 0.250. The minimum atomic E-state index is -4.96. The van der Waals surface area contributed by atoms with Crippen LogP contribution in [-0.4, -0.2) is 20.9 Å². The molecule has 0 atom stereocenters. The number of methoxy groups -OCH3 is 1. The van der Waals surface area contributed by atoms with Crippen LogP contribution in [0.4, 0.5) is 12.9 Å².